The fraction of sp³-hybridized carbons (Fsp3) is 0.125. The highest BCUT2D eigenvalue weighted by atomic mass is 16.5. The number of anilines is 2. The van der Waals surface area contributed by atoms with E-state index in [4.69, 9.17) is 10.5 Å². The summed E-state index contributed by atoms with van der Waals surface area (Å²) in [5.74, 6) is -0.806. The fourth-order valence-electron chi connectivity index (χ4n) is 1.85. The SMILES string of the molecule is CCOC(=O)c1ccccc1NC(=O)c1cccc(N)c1. The van der Waals surface area contributed by atoms with Crippen molar-refractivity contribution in [3.8, 4) is 0 Å². The van der Waals surface area contributed by atoms with Crippen LogP contribution in [-0.2, 0) is 4.74 Å². The topological polar surface area (TPSA) is 81.4 Å². The van der Waals surface area contributed by atoms with Gasteiger partial charge in [-0.15, -0.1) is 0 Å². The highest BCUT2D eigenvalue weighted by Crippen LogP contribution is 2.18. The number of amides is 1. The second-order valence-electron chi connectivity index (χ2n) is 4.35. The molecule has 2 aromatic rings. The van der Waals surface area contributed by atoms with E-state index in [1.54, 1.807) is 55.5 Å². The van der Waals surface area contributed by atoms with Crippen molar-refractivity contribution in [2.75, 3.05) is 17.7 Å². The minimum Gasteiger partial charge on any atom is -0.462 e. The molecule has 0 heterocycles. The molecular weight excluding hydrogens is 268 g/mol. The smallest absolute Gasteiger partial charge is 0.340 e. The molecule has 0 aliphatic heterocycles. The van der Waals surface area contributed by atoms with Gasteiger partial charge in [-0.3, -0.25) is 4.79 Å². The Morgan fingerprint density at radius 3 is 2.62 bits per heavy atom. The van der Waals surface area contributed by atoms with Crippen LogP contribution >= 0.6 is 0 Å². The Bertz CT molecular complexity index is 668. The first-order valence-electron chi connectivity index (χ1n) is 6.55. The average molecular weight is 284 g/mol. The van der Waals surface area contributed by atoms with Gasteiger partial charge in [0.15, 0.2) is 0 Å². The van der Waals surface area contributed by atoms with E-state index in [9.17, 15) is 9.59 Å². The lowest BCUT2D eigenvalue weighted by Crippen LogP contribution is -2.16. The van der Waals surface area contributed by atoms with Crippen molar-refractivity contribution < 1.29 is 14.3 Å². The maximum Gasteiger partial charge on any atom is 0.340 e. The molecule has 0 radical (unpaired) electrons. The van der Waals surface area contributed by atoms with Crippen LogP contribution < -0.4 is 11.1 Å². The van der Waals surface area contributed by atoms with Gasteiger partial charge in [0, 0.05) is 11.3 Å². The third-order valence-corrected chi connectivity index (χ3v) is 2.82. The Labute approximate surface area is 122 Å². The summed E-state index contributed by atoms with van der Waals surface area (Å²) in [4.78, 5) is 24.0. The van der Waals surface area contributed by atoms with Gasteiger partial charge < -0.3 is 15.8 Å². The number of benzene rings is 2. The number of para-hydroxylation sites is 1. The molecule has 0 spiro atoms. The first kappa shape index (κ1) is 14.6. The van der Waals surface area contributed by atoms with E-state index in [0.717, 1.165) is 0 Å². The molecule has 0 aliphatic carbocycles. The number of carbonyl (C=O) groups is 2. The van der Waals surface area contributed by atoms with Gasteiger partial charge in [-0.25, -0.2) is 4.79 Å². The van der Waals surface area contributed by atoms with Gasteiger partial charge >= 0.3 is 5.97 Å². The van der Waals surface area contributed by atoms with Crippen LogP contribution in [0.15, 0.2) is 48.5 Å². The quantitative estimate of drug-likeness (QED) is 0.668. The molecule has 0 bridgehead atoms. The predicted octanol–water partition coefficient (Wildman–Crippen LogP) is 2.70. The van der Waals surface area contributed by atoms with E-state index < -0.39 is 5.97 Å². The lowest BCUT2D eigenvalue weighted by atomic mass is 10.1. The number of rotatable bonds is 4. The van der Waals surface area contributed by atoms with Gasteiger partial charge in [-0.1, -0.05) is 18.2 Å². The summed E-state index contributed by atoms with van der Waals surface area (Å²) in [5.41, 5.74) is 7.30. The molecule has 2 rings (SSSR count). The summed E-state index contributed by atoms with van der Waals surface area (Å²) in [6.07, 6.45) is 0. The summed E-state index contributed by atoms with van der Waals surface area (Å²) in [6, 6.07) is 13.3. The number of nitrogens with one attached hydrogen (secondary N) is 1. The molecule has 5 heteroatoms. The van der Waals surface area contributed by atoms with E-state index in [2.05, 4.69) is 5.32 Å². The monoisotopic (exact) mass is 284 g/mol. The number of hydrogen-bond acceptors (Lipinski definition) is 4. The summed E-state index contributed by atoms with van der Waals surface area (Å²) in [5, 5.41) is 2.70. The minimum absolute atomic E-state index is 0.274. The molecule has 0 aromatic heterocycles. The van der Waals surface area contributed by atoms with E-state index in [1.165, 1.54) is 0 Å². The standard InChI is InChI=1S/C16H16N2O3/c1-2-21-16(20)13-8-3-4-9-14(13)18-15(19)11-6-5-7-12(17)10-11/h3-10H,2,17H2,1H3,(H,18,19). The maximum atomic E-state index is 12.2. The van der Waals surface area contributed by atoms with Crippen LogP contribution in [0.4, 0.5) is 11.4 Å². The van der Waals surface area contributed by atoms with Crippen LogP contribution in [0.5, 0.6) is 0 Å². The minimum atomic E-state index is -0.471. The van der Waals surface area contributed by atoms with Crippen molar-refractivity contribution in [1.82, 2.24) is 0 Å². The Morgan fingerprint density at radius 1 is 1.14 bits per heavy atom. The summed E-state index contributed by atoms with van der Waals surface area (Å²) in [6.45, 7) is 2.00. The van der Waals surface area contributed by atoms with E-state index in [-0.39, 0.29) is 12.5 Å². The van der Waals surface area contributed by atoms with Crippen LogP contribution in [0.1, 0.15) is 27.6 Å². The van der Waals surface area contributed by atoms with Gasteiger partial charge in [0.25, 0.3) is 5.91 Å². The number of nitrogens with two attached hydrogens (primary N) is 1. The molecule has 2 aromatic carbocycles. The van der Waals surface area contributed by atoms with Gasteiger partial charge in [-0.05, 0) is 37.3 Å². The largest absolute Gasteiger partial charge is 0.462 e. The van der Waals surface area contributed by atoms with Crippen molar-refractivity contribution in [1.29, 1.82) is 0 Å². The van der Waals surface area contributed by atoms with E-state index in [0.29, 0.717) is 22.5 Å². The van der Waals surface area contributed by atoms with Crippen LogP contribution in [0, 0.1) is 0 Å². The highest BCUT2D eigenvalue weighted by molar-refractivity contribution is 6.08. The molecule has 5 nitrogen and oxygen atoms in total. The maximum absolute atomic E-state index is 12.2. The van der Waals surface area contributed by atoms with E-state index >= 15 is 0 Å². The second kappa shape index (κ2) is 6.56. The van der Waals surface area contributed by atoms with Gasteiger partial charge in [0.1, 0.15) is 0 Å². The summed E-state index contributed by atoms with van der Waals surface area (Å²) < 4.78 is 4.96. The third-order valence-electron chi connectivity index (χ3n) is 2.82. The Morgan fingerprint density at radius 2 is 1.90 bits per heavy atom. The number of nitrogen functional groups attached to an aromatic ring is 1. The Kier molecular flexibility index (Phi) is 4.56. The van der Waals surface area contributed by atoms with Gasteiger partial charge in [0.2, 0.25) is 0 Å². The lowest BCUT2D eigenvalue weighted by Gasteiger charge is -2.10. The summed E-state index contributed by atoms with van der Waals surface area (Å²) in [7, 11) is 0. The van der Waals surface area contributed by atoms with Crippen LogP contribution in [-0.4, -0.2) is 18.5 Å². The van der Waals surface area contributed by atoms with Crippen molar-refractivity contribution in [2.45, 2.75) is 6.92 Å². The fourth-order valence-corrected chi connectivity index (χ4v) is 1.85. The zero-order valence-electron chi connectivity index (χ0n) is 11.6. The van der Waals surface area contributed by atoms with Crippen molar-refractivity contribution in [2.24, 2.45) is 0 Å². The first-order valence-corrected chi connectivity index (χ1v) is 6.55. The molecule has 0 saturated carbocycles. The van der Waals surface area contributed by atoms with Gasteiger partial charge in [-0.2, -0.15) is 0 Å². The molecule has 3 N–H and O–H groups in total. The molecule has 1 amide bonds. The molecule has 0 unspecified atom stereocenters. The number of carbonyl (C=O) groups excluding carboxylic acids is 2. The molecule has 0 aliphatic rings. The summed E-state index contributed by atoms with van der Waals surface area (Å²) >= 11 is 0. The molecule has 21 heavy (non-hydrogen) atoms. The predicted molar refractivity (Wildman–Crippen MR) is 81.2 cm³/mol. The van der Waals surface area contributed by atoms with E-state index in [1.807, 2.05) is 0 Å². The highest BCUT2D eigenvalue weighted by Gasteiger charge is 2.14. The number of hydrogen-bond donors (Lipinski definition) is 2. The zero-order chi connectivity index (χ0) is 15.2. The van der Waals surface area contributed by atoms with Crippen LogP contribution in [0.25, 0.3) is 0 Å². The Balaban J connectivity index is 2.23. The zero-order valence-corrected chi connectivity index (χ0v) is 11.6. The average Bonchev–Trinajstić information content (AvgIpc) is 2.48. The first-order chi connectivity index (χ1) is 10.1. The molecule has 0 atom stereocenters. The molecular formula is C16H16N2O3. The van der Waals surface area contributed by atoms with Crippen molar-refractivity contribution in [3.05, 3.63) is 59.7 Å². The molecule has 0 fully saturated rings. The van der Waals surface area contributed by atoms with Gasteiger partial charge in [0.05, 0.1) is 17.9 Å². The normalized spacial score (nSPS) is 9.95. The Hall–Kier alpha value is -2.82. The number of ether oxygens (including phenoxy) is 1. The second-order valence-corrected chi connectivity index (χ2v) is 4.35. The molecule has 108 valence electrons. The van der Waals surface area contributed by atoms with Crippen molar-refractivity contribution >= 4 is 23.3 Å². The molecule has 0 saturated heterocycles. The lowest BCUT2D eigenvalue weighted by molar-refractivity contribution is 0.0527. The van der Waals surface area contributed by atoms with Crippen molar-refractivity contribution in [3.63, 3.8) is 0 Å². The van der Waals surface area contributed by atoms with Crippen LogP contribution in [0.3, 0.4) is 0 Å². The third kappa shape index (κ3) is 3.60. The number of esters is 1. The van der Waals surface area contributed by atoms with Crippen LogP contribution in [0.2, 0.25) is 0 Å².